The van der Waals surface area contributed by atoms with Crippen molar-refractivity contribution in [1.82, 2.24) is 15.0 Å². The number of carbonyl (C=O) groups is 2. The monoisotopic (exact) mass is 479 g/mol. The quantitative estimate of drug-likeness (QED) is 0.375. The SMILES string of the molecule is CC[C@@H](NC(=O)c1nsc2cc(OCCCOCCOC)ccc12)C1CCNCC1C(=O)O. The van der Waals surface area contributed by atoms with Crippen molar-refractivity contribution in [3.63, 3.8) is 0 Å². The van der Waals surface area contributed by atoms with Crippen LogP contribution in [0.15, 0.2) is 18.2 Å². The van der Waals surface area contributed by atoms with Gasteiger partial charge in [0.25, 0.3) is 5.91 Å². The summed E-state index contributed by atoms with van der Waals surface area (Å²) in [7, 11) is 1.64. The first-order chi connectivity index (χ1) is 16.0. The second-order valence-electron chi connectivity index (χ2n) is 8.09. The molecule has 3 rings (SSSR count). The Morgan fingerprint density at radius 3 is 2.91 bits per heavy atom. The average molecular weight is 480 g/mol. The number of amides is 1. The smallest absolute Gasteiger partial charge is 0.308 e. The molecule has 9 nitrogen and oxygen atoms in total. The third-order valence-corrected chi connectivity index (χ3v) is 6.73. The van der Waals surface area contributed by atoms with Gasteiger partial charge in [-0.25, -0.2) is 0 Å². The number of rotatable bonds is 13. The lowest BCUT2D eigenvalue weighted by Gasteiger charge is -2.35. The largest absolute Gasteiger partial charge is 0.493 e. The van der Waals surface area contributed by atoms with Gasteiger partial charge in [0.05, 0.1) is 30.4 Å². The number of carboxylic acids is 1. The molecule has 3 atom stereocenters. The minimum atomic E-state index is -0.826. The molecule has 2 heterocycles. The number of nitrogens with zero attached hydrogens (tertiary/aromatic N) is 1. The molecule has 1 aliphatic heterocycles. The molecule has 2 unspecified atom stereocenters. The molecular weight excluding hydrogens is 446 g/mol. The summed E-state index contributed by atoms with van der Waals surface area (Å²) >= 11 is 1.25. The van der Waals surface area contributed by atoms with Gasteiger partial charge in [0.2, 0.25) is 0 Å². The maximum Gasteiger partial charge on any atom is 0.308 e. The third kappa shape index (κ3) is 6.86. The zero-order valence-electron chi connectivity index (χ0n) is 19.2. The van der Waals surface area contributed by atoms with E-state index in [-0.39, 0.29) is 17.9 Å². The number of methoxy groups -OCH3 is 1. The van der Waals surface area contributed by atoms with Gasteiger partial charge >= 0.3 is 5.97 Å². The molecule has 3 N–H and O–H groups in total. The minimum absolute atomic E-state index is 0.110. The normalized spacial score (nSPS) is 19.3. The first-order valence-corrected chi connectivity index (χ1v) is 12.2. The second kappa shape index (κ2) is 12.8. The number of hydrogen-bond donors (Lipinski definition) is 3. The highest BCUT2D eigenvalue weighted by Crippen LogP contribution is 2.29. The van der Waals surface area contributed by atoms with E-state index in [1.165, 1.54) is 11.5 Å². The summed E-state index contributed by atoms with van der Waals surface area (Å²) in [6.45, 7) is 5.43. The van der Waals surface area contributed by atoms with E-state index in [1.54, 1.807) is 7.11 Å². The molecule has 10 heteroatoms. The number of piperidine rings is 1. The molecular formula is C23H33N3O6S. The standard InChI is InChI=1S/C23H33N3O6S/c1-3-19(16-7-8-24-14-18(16)23(28)29)25-22(27)21-17-6-5-15(13-20(17)33-26-21)32-10-4-9-31-12-11-30-2/h5-6,13,16,18-19,24H,3-4,7-12,14H2,1-2H3,(H,25,27)(H,28,29)/t16?,18?,19-/m1/s1. The Labute approximate surface area is 198 Å². The molecule has 33 heavy (non-hydrogen) atoms. The molecule has 0 radical (unpaired) electrons. The predicted octanol–water partition coefficient (Wildman–Crippen LogP) is 2.55. The van der Waals surface area contributed by atoms with Crippen LogP contribution in [0.3, 0.4) is 0 Å². The molecule has 0 bridgehead atoms. The summed E-state index contributed by atoms with van der Waals surface area (Å²) in [5.41, 5.74) is 0.368. The number of aliphatic carboxylic acids is 1. The van der Waals surface area contributed by atoms with Crippen molar-refractivity contribution >= 4 is 33.5 Å². The van der Waals surface area contributed by atoms with E-state index in [0.717, 1.165) is 28.8 Å². The molecule has 1 fully saturated rings. The van der Waals surface area contributed by atoms with Gasteiger partial charge in [-0.3, -0.25) is 9.59 Å². The van der Waals surface area contributed by atoms with E-state index in [9.17, 15) is 14.7 Å². The first kappa shape index (κ1) is 25.4. The van der Waals surface area contributed by atoms with Crippen molar-refractivity contribution in [2.75, 3.05) is 46.6 Å². The Balaban J connectivity index is 1.59. The van der Waals surface area contributed by atoms with Crippen LogP contribution in [0.25, 0.3) is 10.1 Å². The van der Waals surface area contributed by atoms with E-state index in [4.69, 9.17) is 14.2 Å². The van der Waals surface area contributed by atoms with Gasteiger partial charge < -0.3 is 30.0 Å². The van der Waals surface area contributed by atoms with Crippen molar-refractivity contribution in [2.45, 2.75) is 32.2 Å². The molecule has 1 saturated heterocycles. The van der Waals surface area contributed by atoms with Gasteiger partial charge in [-0.2, -0.15) is 4.37 Å². The highest BCUT2D eigenvalue weighted by atomic mass is 32.1. The van der Waals surface area contributed by atoms with Gasteiger partial charge in [0.1, 0.15) is 11.4 Å². The summed E-state index contributed by atoms with van der Waals surface area (Å²) in [6.07, 6.45) is 2.14. The van der Waals surface area contributed by atoms with Crippen LogP contribution in [-0.4, -0.2) is 74.0 Å². The number of carboxylic acid groups (broad SMARTS) is 1. The number of benzene rings is 1. The maximum atomic E-state index is 13.0. The number of carbonyl (C=O) groups excluding carboxylic acids is 1. The zero-order valence-corrected chi connectivity index (χ0v) is 20.0. The summed E-state index contributed by atoms with van der Waals surface area (Å²) < 4.78 is 21.4. The molecule has 1 aliphatic rings. The van der Waals surface area contributed by atoms with Crippen LogP contribution >= 0.6 is 11.5 Å². The van der Waals surface area contributed by atoms with Gasteiger partial charge in [0.15, 0.2) is 0 Å². The third-order valence-electron chi connectivity index (χ3n) is 5.92. The molecule has 1 aromatic carbocycles. The van der Waals surface area contributed by atoms with E-state index >= 15 is 0 Å². The summed E-state index contributed by atoms with van der Waals surface area (Å²) in [5.74, 6) is -0.992. The molecule has 2 aromatic rings. The Morgan fingerprint density at radius 1 is 1.30 bits per heavy atom. The second-order valence-corrected chi connectivity index (χ2v) is 8.89. The van der Waals surface area contributed by atoms with Crippen molar-refractivity contribution in [3.8, 4) is 5.75 Å². The van der Waals surface area contributed by atoms with Crippen molar-refractivity contribution in [1.29, 1.82) is 0 Å². The Morgan fingerprint density at radius 2 is 2.15 bits per heavy atom. The molecule has 0 aliphatic carbocycles. The Kier molecular flexibility index (Phi) is 9.86. The Hall–Kier alpha value is -2.27. The van der Waals surface area contributed by atoms with Crippen LogP contribution < -0.4 is 15.4 Å². The van der Waals surface area contributed by atoms with Gasteiger partial charge in [0, 0.05) is 38.1 Å². The van der Waals surface area contributed by atoms with Crippen LogP contribution in [0.2, 0.25) is 0 Å². The van der Waals surface area contributed by atoms with Gasteiger partial charge in [-0.15, -0.1) is 0 Å². The lowest BCUT2D eigenvalue weighted by Crippen LogP contribution is -2.51. The Bertz CT molecular complexity index is 921. The topological polar surface area (TPSA) is 119 Å². The fourth-order valence-corrected chi connectivity index (χ4v) is 4.95. The molecule has 1 aromatic heterocycles. The lowest BCUT2D eigenvalue weighted by molar-refractivity contribution is -0.144. The first-order valence-electron chi connectivity index (χ1n) is 11.4. The van der Waals surface area contributed by atoms with Gasteiger partial charge in [-0.05, 0) is 55.0 Å². The van der Waals surface area contributed by atoms with Crippen molar-refractivity contribution in [2.24, 2.45) is 11.8 Å². The van der Waals surface area contributed by atoms with Crippen molar-refractivity contribution in [3.05, 3.63) is 23.9 Å². The summed E-state index contributed by atoms with van der Waals surface area (Å²) in [5, 5.41) is 16.5. The average Bonchev–Trinajstić information content (AvgIpc) is 3.25. The summed E-state index contributed by atoms with van der Waals surface area (Å²) in [4.78, 5) is 24.7. The zero-order chi connectivity index (χ0) is 23.6. The van der Waals surface area contributed by atoms with E-state index in [2.05, 4.69) is 15.0 Å². The lowest BCUT2D eigenvalue weighted by atomic mass is 9.80. The van der Waals surface area contributed by atoms with E-state index < -0.39 is 11.9 Å². The highest BCUT2D eigenvalue weighted by molar-refractivity contribution is 7.13. The van der Waals surface area contributed by atoms with Crippen LogP contribution in [0.5, 0.6) is 5.75 Å². The predicted molar refractivity (Wildman–Crippen MR) is 126 cm³/mol. The minimum Gasteiger partial charge on any atom is -0.493 e. The fraction of sp³-hybridized carbons (Fsp3) is 0.609. The molecule has 182 valence electrons. The summed E-state index contributed by atoms with van der Waals surface area (Å²) in [6, 6.07) is 5.36. The number of fused-ring (bicyclic) bond motifs is 1. The van der Waals surface area contributed by atoms with Gasteiger partial charge in [-0.1, -0.05) is 6.92 Å². The molecule has 0 saturated carbocycles. The molecule has 1 amide bonds. The van der Waals surface area contributed by atoms with Crippen LogP contribution in [0.1, 0.15) is 36.7 Å². The van der Waals surface area contributed by atoms with Crippen LogP contribution in [-0.2, 0) is 14.3 Å². The van der Waals surface area contributed by atoms with E-state index in [1.807, 2.05) is 25.1 Å². The fourth-order valence-electron chi connectivity index (χ4n) is 4.15. The number of hydrogen-bond acceptors (Lipinski definition) is 8. The van der Waals surface area contributed by atoms with E-state index in [0.29, 0.717) is 51.5 Å². The number of aromatic nitrogens is 1. The van der Waals surface area contributed by atoms with Crippen molar-refractivity contribution < 1.29 is 28.9 Å². The maximum absolute atomic E-state index is 13.0. The number of nitrogens with one attached hydrogen (secondary N) is 2. The van der Waals surface area contributed by atoms with Crippen LogP contribution in [0.4, 0.5) is 0 Å². The number of ether oxygens (including phenoxy) is 3. The van der Waals surface area contributed by atoms with Crippen LogP contribution in [0, 0.1) is 11.8 Å². The highest BCUT2D eigenvalue weighted by Gasteiger charge is 2.36. The molecule has 0 spiro atoms.